The van der Waals surface area contributed by atoms with Crippen molar-refractivity contribution in [2.75, 3.05) is 13.6 Å². The van der Waals surface area contributed by atoms with Crippen molar-refractivity contribution in [2.24, 2.45) is 0 Å². The highest BCUT2D eigenvalue weighted by Gasteiger charge is 2.14. The van der Waals surface area contributed by atoms with E-state index in [0.29, 0.717) is 13.6 Å². The fraction of sp³-hybridized carbons (Fsp3) is 0.182. The van der Waals surface area contributed by atoms with E-state index in [0.717, 1.165) is 35.8 Å². The maximum Gasteiger partial charge on any atom is 0.231 e. The first-order valence-electron chi connectivity index (χ1n) is 8.68. The van der Waals surface area contributed by atoms with Crippen LogP contribution in [0.1, 0.15) is 22.3 Å². The second kappa shape index (κ2) is 6.30. The molecule has 0 aliphatic carbocycles. The van der Waals surface area contributed by atoms with Gasteiger partial charge in [0.1, 0.15) is 0 Å². The normalized spacial score (nSPS) is 13.8. The van der Waals surface area contributed by atoms with E-state index in [2.05, 4.69) is 48.5 Å². The molecule has 0 saturated carbocycles. The molecule has 4 heteroatoms. The van der Waals surface area contributed by atoms with Crippen LogP contribution >= 0.6 is 0 Å². The van der Waals surface area contributed by atoms with Crippen molar-refractivity contribution >= 4 is 0 Å². The second-order valence-electron chi connectivity index (χ2n) is 6.55. The Hall–Kier alpha value is -3.14. The minimum Gasteiger partial charge on any atom is -0.454 e. The molecule has 0 atom stereocenters. The first-order chi connectivity index (χ1) is 12.8. The molecule has 3 aromatic rings. The average Bonchev–Trinajstić information content (AvgIpc) is 3.31. The molecule has 3 aromatic carbocycles. The third-order valence-corrected chi connectivity index (χ3v) is 4.71. The van der Waals surface area contributed by atoms with Crippen LogP contribution in [0.5, 0.6) is 23.0 Å². The number of ether oxygens (including phenoxy) is 4. The lowest BCUT2D eigenvalue weighted by Gasteiger charge is -2.07. The molecule has 2 aliphatic heterocycles. The van der Waals surface area contributed by atoms with Gasteiger partial charge >= 0.3 is 0 Å². The lowest BCUT2D eigenvalue weighted by atomic mass is 10.00. The van der Waals surface area contributed by atoms with Gasteiger partial charge in [0.25, 0.3) is 0 Å². The van der Waals surface area contributed by atoms with Gasteiger partial charge in [0.05, 0.1) is 0 Å². The van der Waals surface area contributed by atoms with Gasteiger partial charge in [-0.3, -0.25) is 0 Å². The Kier molecular flexibility index (Phi) is 3.67. The number of hydrogen-bond donors (Lipinski definition) is 0. The smallest absolute Gasteiger partial charge is 0.231 e. The number of benzene rings is 3. The third kappa shape index (κ3) is 2.94. The molecule has 5 rings (SSSR count). The summed E-state index contributed by atoms with van der Waals surface area (Å²) in [4.78, 5) is 0. The van der Waals surface area contributed by atoms with Crippen LogP contribution in [0, 0.1) is 0 Å². The second-order valence-corrected chi connectivity index (χ2v) is 6.55. The van der Waals surface area contributed by atoms with Crippen LogP contribution in [0.3, 0.4) is 0 Å². The van der Waals surface area contributed by atoms with Crippen molar-refractivity contribution in [3.05, 3.63) is 82.9 Å². The van der Waals surface area contributed by atoms with Gasteiger partial charge in [-0.2, -0.15) is 0 Å². The molecule has 0 aromatic heterocycles. The van der Waals surface area contributed by atoms with Crippen molar-refractivity contribution in [1.82, 2.24) is 0 Å². The summed E-state index contributed by atoms with van der Waals surface area (Å²) in [6.07, 6.45) is 1.75. The Balaban J connectivity index is 1.28. The van der Waals surface area contributed by atoms with E-state index in [1.54, 1.807) is 0 Å². The Morgan fingerprint density at radius 2 is 0.846 bits per heavy atom. The standard InChI is InChI=1S/C22H18O4/c1-2-16(10-18-6-8-20-22(12-18)26-14-24-20)4-3-15(1)9-17-5-7-19-21(11-17)25-13-23-19/h1-8,11-12H,9-10,13-14H2. The molecule has 0 spiro atoms. The maximum absolute atomic E-state index is 5.45. The minimum absolute atomic E-state index is 0.313. The van der Waals surface area contributed by atoms with Gasteiger partial charge in [-0.05, 0) is 59.4 Å². The largest absolute Gasteiger partial charge is 0.454 e. The van der Waals surface area contributed by atoms with Crippen molar-refractivity contribution in [2.45, 2.75) is 12.8 Å². The minimum atomic E-state index is 0.313. The first-order valence-corrected chi connectivity index (χ1v) is 8.68. The van der Waals surface area contributed by atoms with E-state index < -0.39 is 0 Å². The number of rotatable bonds is 4. The van der Waals surface area contributed by atoms with E-state index in [1.807, 2.05) is 12.1 Å². The van der Waals surface area contributed by atoms with Crippen molar-refractivity contribution < 1.29 is 18.9 Å². The summed E-state index contributed by atoms with van der Waals surface area (Å²) in [7, 11) is 0. The SMILES string of the molecule is c1cc(Cc2ccc3c(c2)OCO3)ccc1Cc1ccc2c(c1)OCO2. The number of hydrogen-bond acceptors (Lipinski definition) is 4. The van der Waals surface area contributed by atoms with Crippen molar-refractivity contribution in [1.29, 1.82) is 0 Å². The highest BCUT2D eigenvalue weighted by Crippen LogP contribution is 2.34. The molecule has 0 bridgehead atoms. The van der Waals surface area contributed by atoms with E-state index in [-0.39, 0.29) is 0 Å². The summed E-state index contributed by atoms with van der Waals surface area (Å²) >= 11 is 0. The molecule has 26 heavy (non-hydrogen) atoms. The van der Waals surface area contributed by atoms with Gasteiger partial charge in [0.15, 0.2) is 23.0 Å². The molecule has 0 unspecified atom stereocenters. The van der Waals surface area contributed by atoms with Gasteiger partial charge in [0.2, 0.25) is 13.6 Å². The summed E-state index contributed by atoms with van der Waals surface area (Å²) in [5, 5.41) is 0. The van der Waals surface area contributed by atoms with Crippen LogP contribution in [0.2, 0.25) is 0 Å². The average molecular weight is 346 g/mol. The van der Waals surface area contributed by atoms with Crippen LogP contribution in [-0.4, -0.2) is 13.6 Å². The molecular formula is C22H18O4. The van der Waals surface area contributed by atoms with Crippen LogP contribution in [0.25, 0.3) is 0 Å². The quantitative estimate of drug-likeness (QED) is 0.705. The molecule has 130 valence electrons. The monoisotopic (exact) mass is 346 g/mol. The molecule has 2 heterocycles. The highest BCUT2D eigenvalue weighted by atomic mass is 16.7. The van der Waals surface area contributed by atoms with Gasteiger partial charge in [-0.25, -0.2) is 0 Å². The van der Waals surface area contributed by atoms with Gasteiger partial charge in [-0.1, -0.05) is 36.4 Å². The molecule has 0 radical (unpaired) electrons. The zero-order valence-corrected chi connectivity index (χ0v) is 14.2. The predicted molar refractivity (Wildman–Crippen MR) is 97.2 cm³/mol. The highest BCUT2D eigenvalue weighted by molar-refractivity contribution is 5.47. The Morgan fingerprint density at radius 3 is 1.31 bits per heavy atom. The topological polar surface area (TPSA) is 36.9 Å². The summed E-state index contributed by atoms with van der Waals surface area (Å²) < 4.78 is 21.6. The van der Waals surface area contributed by atoms with Crippen LogP contribution in [0.15, 0.2) is 60.7 Å². The summed E-state index contributed by atoms with van der Waals surface area (Å²) in [5.74, 6) is 3.32. The lowest BCUT2D eigenvalue weighted by Crippen LogP contribution is -1.93. The Labute approximate surface area is 151 Å². The van der Waals surface area contributed by atoms with Gasteiger partial charge < -0.3 is 18.9 Å². The van der Waals surface area contributed by atoms with Crippen LogP contribution < -0.4 is 18.9 Å². The fourth-order valence-electron chi connectivity index (χ4n) is 3.35. The van der Waals surface area contributed by atoms with Crippen LogP contribution in [-0.2, 0) is 12.8 Å². The van der Waals surface area contributed by atoms with Gasteiger partial charge in [0, 0.05) is 0 Å². The zero-order valence-electron chi connectivity index (χ0n) is 14.2. The molecule has 0 amide bonds. The third-order valence-electron chi connectivity index (χ3n) is 4.71. The van der Waals surface area contributed by atoms with E-state index in [1.165, 1.54) is 22.3 Å². The fourth-order valence-corrected chi connectivity index (χ4v) is 3.35. The first kappa shape index (κ1) is 15.1. The van der Waals surface area contributed by atoms with E-state index >= 15 is 0 Å². The Morgan fingerprint density at radius 1 is 0.462 bits per heavy atom. The lowest BCUT2D eigenvalue weighted by molar-refractivity contribution is 0.173. The van der Waals surface area contributed by atoms with Crippen molar-refractivity contribution in [3.63, 3.8) is 0 Å². The van der Waals surface area contributed by atoms with Crippen molar-refractivity contribution in [3.8, 4) is 23.0 Å². The van der Waals surface area contributed by atoms with E-state index in [4.69, 9.17) is 18.9 Å². The summed E-state index contributed by atoms with van der Waals surface area (Å²) in [6.45, 7) is 0.626. The Bertz CT molecular complexity index is 868. The molecule has 4 nitrogen and oxygen atoms in total. The molecule has 0 fully saturated rings. The predicted octanol–water partition coefficient (Wildman–Crippen LogP) is 4.33. The maximum atomic E-state index is 5.45. The summed E-state index contributed by atoms with van der Waals surface area (Å²) in [5.41, 5.74) is 4.99. The molecular weight excluding hydrogens is 328 g/mol. The number of fused-ring (bicyclic) bond motifs is 2. The molecule has 0 N–H and O–H groups in total. The van der Waals surface area contributed by atoms with Crippen LogP contribution in [0.4, 0.5) is 0 Å². The zero-order chi connectivity index (χ0) is 17.3. The van der Waals surface area contributed by atoms with E-state index in [9.17, 15) is 0 Å². The molecule has 2 aliphatic rings. The molecule has 0 saturated heterocycles. The van der Waals surface area contributed by atoms with Gasteiger partial charge in [-0.15, -0.1) is 0 Å². The summed E-state index contributed by atoms with van der Waals surface area (Å²) in [6, 6.07) is 21.0.